The van der Waals surface area contributed by atoms with Gasteiger partial charge in [-0.25, -0.2) is 0 Å². The first kappa shape index (κ1) is 5.74. The van der Waals surface area contributed by atoms with Crippen molar-refractivity contribution in [2.75, 3.05) is 26.6 Å². The van der Waals surface area contributed by atoms with Gasteiger partial charge in [0.2, 0.25) is 0 Å². The fraction of sp³-hybridized carbons (Fsp3) is 0.533. The van der Waals surface area contributed by atoms with Crippen LogP contribution in [-0.4, -0.2) is 37.5 Å². The SMILES string of the molecule is [2H]c1c([2H])c([2H])c(C2(C(=O)OCC)CC([2H])([2H])N(C)C([2H])([2H])C2)c([2H])c1[2H]. The summed E-state index contributed by atoms with van der Waals surface area (Å²) >= 11 is 0. The molecule has 0 spiro atoms. The number of rotatable bonds is 3. The Hall–Kier alpha value is -1.35. The number of hydrogen-bond donors (Lipinski definition) is 0. The van der Waals surface area contributed by atoms with Gasteiger partial charge in [-0.15, -0.1) is 0 Å². The van der Waals surface area contributed by atoms with Gasteiger partial charge in [-0.3, -0.25) is 4.79 Å². The summed E-state index contributed by atoms with van der Waals surface area (Å²) in [5.41, 5.74) is -2.50. The van der Waals surface area contributed by atoms with E-state index in [-0.39, 0.29) is 6.61 Å². The minimum Gasteiger partial charge on any atom is -0.465 e. The zero-order valence-corrected chi connectivity index (χ0v) is 10.4. The van der Waals surface area contributed by atoms with E-state index in [2.05, 4.69) is 0 Å². The molecule has 1 aromatic carbocycles. The molecule has 0 unspecified atom stereocenters. The molecule has 1 aliphatic heterocycles. The van der Waals surface area contributed by atoms with Crippen LogP contribution in [0.4, 0.5) is 0 Å². The molecule has 2 rings (SSSR count). The van der Waals surface area contributed by atoms with Crippen LogP contribution in [0.15, 0.2) is 30.2 Å². The maximum absolute atomic E-state index is 12.9. The van der Waals surface area contributed by atoms with Crippen molar-refractivity contribution in [2.45, 2.75) is 25.2 Å². The van der Waals surface area contributed by atoms with Crippen molar-refractivity contribution >= 4 is 5.97 Å². The predicted molar refractivity (Wildman–Crippen MR) is 71.5 cm³/mol. The van der Waals surface area contributed by atoms with Crippen LogP contribution in [0.1, 0.15) is 37.7 Å². The summed E-state index contributed by atoms with van der Waals surface area (Å²) in [6.07, 6.45) is -1.22. The Morgan fingerprint density at radius 1 is 1.44 bits per heavy atom. The van der Waals surface area contributed by atoms with E-state index in [0.717, 1.165) is 4.90 Å². The summed E-state index contributed by atoms with van der Waals surface area (Å²) in [6.45, 7) is -3.21. The third kappa shape index (κ3) is 2.41. The molecule has 3 heteroatoms. The van der Waals surface area contributed by atoms with E-state index in [1.54, 1.807) is 0 Å². The van der Waals surface area contributed by atoms with E-state index in [0.29, 0.717) is 0 Å². The summed E-state index contributed by atoms with van der Waals surface area (Å²) in [5, 5.41) is 0. The normalized spacial score (nSPS) is 32.2. The highest BCUT2D eigenvalue weighted by atomic mass is 16.5. The molecular formula is C15H21NO2. The van der Waals surface area contributed by atoms with E-state index in [9.17, 15) is 4.79 Å². The van der Waals surface area contributed by atoms with Crippen molar-refractivity contribution in [3.8, 4) is 0 Å². The van der Waals surface area contributed by atoms with Crippen molar-refractivity contribution in [2.24, 2.45) is 0 Å². The standard InChI is InChI=1S/C15H21NO2/c1-3-18-14(17)15(9-11-16(2)12-10-15)13-7-5-4-6-8-13/h4-8H,3,9-12H2,1-2H3/i4D,5D,6D,7D,8D,11D2,12D2. The molecule has 0 bridgehead atoms. The highest BCUT2D eigenvalue weighted by Crippen LogP contribution is 2.36. The largest absolute Gasteiger partial charge is 0.465 e. The monoisotopic (exact) mass is 256 g/mol. The second-order valence-corrected chi connectivity index (χ2v) is 4.03. The molecule has 0 amide bonds. The maximum Gasteiger partial charge on any atom is 0.316 e. The van der Waals surface area contributed by atoms with E-state index in [1.807, 2.05) is 0 Å². The zero-order chi connectivity index (χ0) is 20.9. The van der Waals surface area contributed by atoms with Crippen LogP contribution in [0.3, 0.4) is 0 Å². The van der Waals surface area contributed by atoms with Gasteiger partial charge < -0.3 is 9.64 Å². The van der Waals surface area contributed by atoms with E-state index < -0.39 is 73.0 Å². The molecule has 0 aromatic heterocycles. The van der Waals surface area contributed by atoms with Crippen LogP contribution in [0, 0.1) is 0 Å². The number of carbonyl (C=O) groups is 1. The van der Waals surface area contributed by atoms with Crippen molar-refractivity contribution in [1.29, 1.82) is 0 Å². The van der Waals surface area contributed by atoms with Gasteiger partial charge in [-0.1, -0.05) is 30.2 Å². The molecule has 0 radical (unpaired) electrons. The van der Waals surface area contributed by atoms with Crippen molar-refractivity contribution in [3.63, 3.8) is 0 Å². The zero-order valence-electron chi connectivity index (χ0n) is 19.4. The number of benzene rings is 1. The molecule has 0 atom stereocenters. The minimum absolute atomic E-state index is 0.0823. The van der Waals surface area contributed by atoms with Crippen molar-refractivity contribution < 1.29 is 21.9 Å². The molecule has 0 N–H and O–H groups in total. The second-order valence-electron chi connectivity index (χ2n) is 4.03. The van der Waals surface area contributed by atoms with Gasteiger partial charge in [0.25, 0.3) is 0 Å². The minimum atomic E-state index is -2.32. The Bertz CT molecular complexity index is 734. The number of nitrogens with zero attached hydrogens (tertiary/aromatic N) is 1. The van der Waals surface area contributed by atoms with Gasteiger partial charge in [-0.2, -0.15) is 0 Å². The van der Waals surface area contributed by atoms with Gasteiger partial charge in [0.05, 0.1) is 18.9 Å². The lowest BCUT2D eigenvalue weighted by atomic mass is 9.73. The number of hydrogen-bond acceptors (Lipinski definition) is 3. The fourth-order valence-electron chi connectivity index (χ4n) is 1.81. The molecule has 1 saturated heterocycles. The highest BCUT2D eigenvalue weighted by molar-refractivity contribution is 5.83. The van der Waals surface area contributed by atoms with E-state index >= 15 is 0 Å². The van der Waals surface area contributed by atoms with Gasteiger partial charge in [0.1, 0.15) is 0 Å². The average molecular weight is 256 g/mol. The molecule has 1 aromatic rings. The molecule has 1 aliphatic rings. The lowest BCUT2D eigenvalue weighted by molar-refractivity contribution is -0.152. The van der Waals surface area contributed by atoms with Gasteiger partial charge in [0.15, 0.2) is 0 Å². The highest BCUT2D eigenvalue weighted by Gasteiger charge is 2.43. The van der Waals surface area contributed by atoms with E-state index in [1.165, 1.54) is 14.0 Å². The fourth-order valence-corrected chi connectivity index (χ4v) is 1.81. The molecule has 0 saturated carbocycles. The third-order valence-corrected chi connectivity index (χ3v) is 2.88. The maximum atomic E-state index is 12.9. The smallest absolute Gasteiger partial charge is 0.316 e. The predicted octanol–water partition coefficient (Wildman–Crippen LogP) is 2.21. The number of esters is 1. The Morgan fingerprint density at radius 2 is 2.06 bits per heavy atom. The number of ether oxygens (including phenoxy) is 1. The summed E-state index contributed by atoms with van der Waals surface area (Å²) in [4.78, 5) is 13.7. The topological polar surface area (TPSA) is 29.5 Å². The number of likely N-dealkylation sites (tertiary alicyclic amines) is 1. The lowest BCUT2D eigenvalue weighted by Crippen LogP contribution is -2.47. The summed E-state index contributed by atoms with van der Waals surface area (Å²) in [6, 6.07) is -3.31. The molecule has 0 aliphatic carbocycles. The molecule has 3 nitrogen and oxygen atoms in total. The van der Waals surface area contributed by atoms with Crippen LogP contribution in [0.5, 0.6) is 0 Å². The Morgan fingerprint density at radius 3 is 2.61 bits per heavy atom. The molecule has 18 heavy (non-hydrogen) atoms. The van der Waals surface area contributed by atoms with Crippen LogP contribution in [0.25, 0.3) is 0 Å². The van der Waals surface area contributed by atoms with E-state index in [4.69, 9.17) is 17.1 Å². The van der Waals surface area contributed by atoms with Crippen LogP contribution < -0.4 is 0 Å². The van der Waals surface area contributed by atoms with Crippen molar-refractivity contribution in [3.05, 3.63) is 35.8 Å². The first-order valence-electron chi connectivity index (χ1n) is 10.2. The van der Waals surface area contributed by atoms with Crippen molar-refractivity contribution in [1.82, 2.24) is 4.90 Å². The number of piperidine rings is 1. The van der Waals surface area contributed by atoms with Crippen LogP contribution in [0.2, 0.25) is 0 Å². The molecule has 1 fully saturated rings. The Kier molecular flexibility index (Phi) is 1.76. The van der Waals surface area contributed by atoms with Crippen LogP contribution >= 0.6 is 0 Å². The Labute approximate surface area is 121 Å². The first-order chi connectivity index (χ1) is 12.2. The Balaban J connectivity index is 2.89. The summed E-state index contributed by atoms with van der Waals surface area (Å²) in [7, 11) is 1.23. The quantitative estimate of drug-likeness (QED) is 0.777. The lowest BCUT2D eigenvalue weighted by Gasteiger charge is -2.38. The molecule has 98 valence electrons. The summed E-state index contributed by atoms with van der Waals surface area (Å²) in [5.74, 6) is -1.01. The summed E-state index contributed by atoms with van der Waals surface area (Å²) < 4.78 is 77.7. The second kappa shape index (κ2) is 5.53. The number of carbonyl (C=O) groups excluding carboxylic acids is 1. The van der Waals surface area contributed by atoms with Gasteiger partial charge >= 0.3 is 5.97 Å². The van der Waals surface area contributed by atoms with Gasteiger partial charge in [0, 0.05) is 5.48 Å². The first-order valence-corrected chi connectivity index (χ1v) is 5.71. The average Bonchev–Trinajstić information content (AvgIpc) is 2.56. The molecule has 1 heterocycles. The van der Waals surface area contributed by atoms with Crippen LogP contribution in [-0.2, 0) is 14.9 Å². The van der Waals surface area contributed by atoms with Gasteiger partial charge in [-0.05, 0) is 45.4 Å². The third-order valence-electron chi connectivity index (χ3n) is 2.88. The molecular weight excluding hydrogens is 226 g/mol.